The zero-order chi connectivity index (χ0) is 13.8. The lowest BCUT2D eigenvalue weighted by Crippen LogP contribution is -2.32. The number of phenols is 1. The van der Waals surface area contributed by atoms with Crippen LogP contribution in [0.2, 0.25) is 0 Å². The summed E-state index contributed by atoms with van der Waals surface area (Å²) in [5.74, 6) is -0.411. The molecule has 1 amide bonds. The number of halogens is 1. The molecule has 104 valence electrons. The SMILES string of the molecule is NCC1CCCC1CNC(=O)c1ccc(F)cc1O. The van der Waals surface area contributed by atoms with Crippen molar-refractivity contribution in [1.29, 1.82) is 0 Å². The first-order valence-electron chi connectivity index (χ1n) is 6.58. The van der Waals surface area contributed by atoms with Crippen molar-refractivity contribution >= 4 is 5.91 Å². The van der Waals surface area contributed by atoms with Gasteiger partial charge in [-0.25, -0.2) is 4.39 Å². The van der Waals surface area contributed by atoms with Gasteiger partial charge in [-0.1, -0.05) is 6.42 Å². The Morgan fingerprint density at radius 3 is 2.84 bits per heavy atom. The molecule has 2 unspecified atom stereocenters. The van der Waals surface area contributed by atoms with Gasteiger partial charge in [0, 0.05) is 12.6 Å². The van der Waals surface area contributed by atoms with Crippen molar-refractivity contribution in [3.05, 3.63) is 29.6 Å². The molecule has 1 aromatic carbocycles. The number of rotatable bonds is 4. The van der Waals surface area contributed by atoms with Crippen LogP contribution in [0.1, 0.15) is 29.6 Å². The monoisotopic (exact) mass is 266 g/mol. The fourth-order valence-electron chi connectivity index (χ4n) is 2.71. The van der Waals surface area contributed by atoms with E-state index in [0.717, 1.165) is 31.4 Å². The van der Waals surface area contributed by atoms with Crippen molar-refractivity contribution in [3.63, 3.8) is 0 Å². The van der Waals surface area contributed by atoms with Gasteiger partial charge in [0.1, 0.15) is 11.6 Å². The van der Waals surface area contributed by atoms with E-state index >= 15 is 0 Å². The number of benzene rings is 1. The van der Waals surface area contributed by atoms with Crippen LogP contribution in [0.5, 0.6) is 5.75 Å². The fraction of sp³-hybridized carbons (Fsp3) is 0.500. The van der Waals surface area contributed by atoms with Gasteiger partial charge in [-0.05, 0) is 43.4 Å². The number of aromatic hydroxyl groups is 1. The minimum Gasteiger partial charge on any atom is -0.507 e. The molecular weight excluding hydrogens is 247 g/mol. The molecule has 1 saturated carbocycles. The number of nitrogens with two attached hydrogens (primary N) is 1. The Hall–Kier alpha value is -1.62. The van der Waals surface area contributed by atoms with Crippen LogP contribution in [0.3, 0.4) is 0 Å². The van der Waals surface area contributed by atoms with Crippen molar-refractivity contribution in [2.75, 3.05) is 13.1 Å². The Labute approximate surface area is 111 Å². The Morgan fingerprint density at radius 2 is 2.16 bits per heavy atom. The number of carbonyl (C=O) groups excluding carboxylic acids is 1. The minimum atomic E-state index is -0.562. The van der Waals surface area contributed by atoms with Gasteiger partial charge in [-0.2, -0.15) is 0 Å². The number of amides is 1. The molecule has 4 nitrogen and oxygen atoms in total. The molecule has 1 aromatic rings. The average molecular weight is 266 g/mol. The van der Waals surface area contributed by atoms with Crippen LogP contribution in [0.4, 0.5) is 4.39 Å². The van der Waals surface area contributed by atoms with Crippen molar-refractivity contribution in [3.8, 4) is 5.75 Å². The summed E-state index contributed by atoms with van der Waals surface area (Å²) in [5, 5.41) is 12.3. The van der Waals surface area contributed by atoms with Crippen LogP contribution in [0.15, 0.2) is 18.2 Å². The number of phenolic OH excluding ortho intramolecular Hbond substituents is 1. The molecule has 1 aliphatic rings. The molecule has 0 saturated heterocycles. The number of nitrogens with one attached hydrogen (secondary N) is 1. The van der Waals surface area contributed by atoms with Crippen LogP contribution in [-0.4, -0.2) is 24.1 Å². The first-order chi connectivity index (χ1) is 9.11. The number of carbonyl (C=O) groups is 1. The van der Waals surface area contributed by atoms with Crippen LogP contribution in [-0.2, 0) is 0 Å². The van der Waals surface area contributed by atoms with Gasteiger partial charge in [-0.15, -0.1) is 0 Å². The van der Waals surface area contributed by atoms with Crippen molar-refractivity contribution < 1.29 is 14.3 Å². The summed E-state index contributed by atoms with van der Waals surface area (Å²) in [4.78, 5) is 11.9. The standard InChI is InChI=1S/C14H19FN2O2/c15-11-4-5-12(13(18)6-11)14(19)17-8-10-3-1-2-9(10)7-16/h4-6,9-10,18H,1-3,7-8,16H2,(H,17,19). The van der Waals surface area contributed by atoms with Crippen molar-refractivity contribution in [2.24, 2.45) is 17.6 Å². The molecule has 0 spiro atoms. The molecule has 2 rings (SSSR count). The molecule has 1 fully saturated rings. The molecule has 0 bridgehead atoms. The van der Waals surface area contributed by atoms with Gasteiger partial charge < -0.3 is 16.2 Å². The summed E-state index contributed by atoms with van der Waals surface area (Å²) in [7, 11) is 0. The number of hydrogen-bond donors (Lipinski definition) is 3. The van der Waals surface area contributed by atoms with Gasteiger partial charge in [-0.3, -0.25) is 4.79 Å². The topological polar surface area (TPSA) is 75.3 Å². The van der Waals surface area contributed by atoms with E-state index in [1.54, 1.807) is 0 Å². The van der Waals surface area contributed by atoms with E-state index in [1.807, 2.05) is 0 Å². The van der Waals surface area contributed by atoms with E-state index in [0.29, 0.717) is 24.9 Å². The Kier molecular flexibility index (Phi) is 4.37. The normalized spacial score (nSPS) is 22.4. The lowest BCUT2D eigenvalue weighted by molar-refractivity contribution is 0.0941. The molecule has 1 aliphatic carbocycles. The van der Waals surface area contributed by atoms with E-state index in [2.05, 4.69) is 5.32 Å². The lowest BCUT2D eigenvalue weighted by atomic mass is 9.96. The van der Waals surface area contributed by atoms with Crippen LogP contribution >= 0.6 is 0 Å². The second kappa shape index (κ2) is 6.02. The maximum Gasteiger partial charge on any atom is 0.255 e. The predicted molar refractivity (Wildman–Crippen MR) is 70.3 cm³/mol. The van der Waals surface area contributed by atoms with Gasteiger partial charge in [0.15, 0.2) is 0 Å². The van der Waals surface area contributed by atoms with Crippen LogP contribution in [0, 0.1) is 17.7 Å². The summed E-state index contributed by atoms with van der Waals surface area (Å²) in [6.45, 7) is 1.19. The van der Waals surface area contributed by atoms with E-state index in [1.165, 1.54) is 6.07 Å². The molecule has 0 aliphatic heterocycles. The summed E-state index contributed by atoms with van der Waals surface area (Å²) >= 11 is 0. The zero-order valence-corrected chi connectivity index (χ0v) is 10.7. The smallest absolute Gasteiger partial charge is 0.255 e. The van der Waals surface area contributed by atoms with E-state index in [9.17, 15) is 14.3 Å². The molecule has 0 heterocycles. The van der Waals surface area contributed by atoms with Gasteiger partial charge >= 0.3 is 0 Å². The quantitative estimate of drug-likeness (QED) is 0.775. The highest BCUT2D eigenvalue weighted by Gasteiger charge is 2.26. The van der Waals surface area contributed by atoms with Gasteiger partial charge in [0.25, 0.3) is 5.91 Å². The second-order valence-electron chi connectivity index (χ2n) is 5.06. The highest BCUT2D eigenvalue weighted by atomic mass is 19.1. The van der Waals surface area contributed by atoms with Crippen molar-refractivity contribution in [2.45, 2.75) is 19.3 Å². The Balaban J connectivity index is 1.94. The Bertz CT molecular complexity index is 465. The van der Waals surface area contributed by atoms with Gasteiger partial charge in [0.2, 0.25) is 0 Å². The molecule has 5 heteroatoms. The lowest BCUT2D eigenvalue weighted by Gasteiger charge is -2.18. The molecule has 19 heavy (non-hydrogen) atoms. The molecule has 2 atom stereocenters. The predicted octanol–water partition coefficient (Wildman–Crippen LogP) is 1.64. The maximum absolute atomic E-state index is 12.8. The zero-order valence-electron chi connectivity index (χ0n) is 10.7. The Morgan fingerprint density at radius 1 is 1.42 bits per heavy atom. The fourth-order valence-corrected chi connectivity index (χ4v) is 2.71. The van der Waals surface area contributed by atoms with E-state index in [4.69, 9.17) is 5.73 Å². The molecule has 0 aromatic heterocycles. The summed E-state index contributed by atoms with van der Waals surface area (Å²) in [6, 6.07) is 3.38. The van der Waals surface area contributed by atoms with Gasteiger partial charge in [0.05, 0.1) is 5.56 Å². The van der Waals surface area contributed by atoms with Crippen LogP contribution < -0.4 is 11.1 Å². The third-order valence-electron chi connectivity index (χ3n) is 3.85. The third kappa shape index (κ3) is 3.23. The first kappa shape index (κ1) is 13.8. The summed E-state index contributed by atoms with van der Waals surface area (Å²) in [5.41, 5.74) is 5.79. The van der Waals surface area contributed by atoms with Crippen LogP contribution in [0.25, 0.3) is 0 Å². The molecular formula is C14H19FN2O2. The highest BCUT2D eigenvalue weighted by Crippen LogP contribution is 2.30. The molecule has 0 radical (unpaired) electrons. The minimum absolute atomic E-state index is 0.101. The average Bonchev–Trinajstić information content (AvgIpc) is 2.83. The summed E-state index contributed by atoms with van der Waals surface area (Å²) in [6.07, 6.45) is 3.32. The molecule has 4 N–H and O–H groups in total. The van der Waals surface area contributed by atoms with E-state index < -0.39 is 5.82 Å². The van der Waals surface area contributed by atoms with E-state index in [-0.39, 0.29) is 17.2 Å². The third-order valence-corrected chi connectivity index (χ3v) is 3.85. The maximum atomic E-state index is 12.8. The highest BCUT2D eigenvalue weighted by molar-refractivity contribution is 5.96. The second-order valence-corrected chi connectivity index (χ2v) is 5.06. The first-order valence-corrected chi connectivity index (χ1v) is 6.58. The summed E-state index contributed by atoms with van der Waals surface area (Å²) < 4.78 is 12.8. The van der Waals surface area contributed by atoms with Crippen molar-refractivity contribution in [1.82, 2.24) is 5.32 Å². The number of hydrogen-bond acceptors (Lipinski definition) is 3. The largest absolute Gasteiger partial charge is 0.507 e.